The molecule has 1 aromatic rings. The van der Waals surface area contributed by atoms with Crippen molar-refractivity contribution >= 4 is 21.9 Å². The molecule has 1 aliphatic rings. The van der Waals surface area contributed by atoms with Crippen LogP contribution in [0.3, 0.4) is 0 Å². The molecule has 0 bridgehead atoms. The fourth-order valence-electron chi connectivity index (χ4n) is 2.64. The van der Waals surface area contributed by atoms with Crippen LogP contribution in [-0.4, -0.2) is 17.4 Å². The molecule has 1 N–H and O–H groups in total. The van der Waals surface area contributed by atoms with Crippen LogP contribution in [0.15, 0.2) is 22.7 Å². The Labute approximate surface area is 121 Å². The second-order valence-electron chi connectivity index (χ2n) is 5.35. The monoisotopic (exact) mass is 352 g/mol. The van der Waals surface area contributed by atoms with Gasteiger partial charge in [-0.3, -0.25) is 4.79 Å². The van der Waals surface area contributed by atoms with Gasteiger partial charge in [0.25, 0.3) is 0 Å². The Morgan fingerprint density at radius 3 is 2.40 bits per heavy atom. The maximum absolute atomic E-state index is 12.2. The van der Waals surface area contributed by atoms with E-state index >= 15 is 0 Å². The van der Waals surface area contributed by atoms with Gasteiger partial charge in [0.05, 0.1) is 10.4 Å². The van der Waals surface area contributed by atoms with E-state index in [2.05, 4.69) is 20.7 Å². The maximum Gasteiger partial charge on any atom is 0.573 e. The van der Waals surface area contributed by atoms with Crippen molar-refractivity contribution in [3.05, 3.63) is 28.2 Å². The van der Waals surface area contributed by atoms with Gasteiger partial charge < -0.3 is 9.84 Å². The molecule has 0 aliphatic heterocycles. The number of halogens is 4. The molecule has 0 saturated heterocycles. The molecule has 20 heavy (non-hydrogen) atoms. The Hall–Kier alpha value is -1.24. The van der Waals surface area contributed by atoms with Gasteiger partial charge >= 0.3 is 12.3 Å². The molecule has 0 spiro atoms. The number of rotatable bonds is 3. The standard InChI is InChI=1S/C13H12BrF3O3/c1-12(2)9(10(12)11(18)19)6-3-4-8(7(14)5-6)20-13(15,16)17/h3-5,9-10H,1-2H3,(H,18,19)/t9-,10+/m0/s1. The van der Waals surface area contributed by atoms with Gasteiger partial charge in [0.15, 0.2) is 0 Å². The minimum atomic E-state index is -4.76. The van der Waals surface area contributed by atoms with Crippen molar-refractivity contribution in [1.29, 1.82) is 0 Å². The molecule has 0 radical (unpaired) electrons. The van der Waals surface area contributed by atoms with Crippen molar-refractivity contribution in [2.45, 2.75) is 26.1 Å². The van der Waals surface area contributed by atoms with Gasteiger partial charge in [-0.05, 0) is 39.0 Å². The zero-order valence-electron chi connectivity index (χ0n) is 10.7. The number of hydrogen-bond donors (Lipinski definition) is 1. The van der Waals surface area contributed by atoms with Gasteiger partial charge in [0.2, 0.25) is 0 Å². The fraction of sp³-hybridized carbons (Fsp3) is 0.462. The molecule has 110 valence electrons. The highest BCUT2D eigenvalue weighted by Gasteiger charge is 2.62. The largest absolute Gasteiger partial charge is 0.573 e. The van der Waals surface area contributed by atoms with Crippen LogP contribution < -0.4 is 4.74 Å². The Morgan fingerprint density at radius 1 is 1.40 bits per heavy atom. The number of aliphatic carboxylic acids is 1. The molecule has 1 fully saturated rings. The van der Waals surface area contributed by atoms with Gasteiger partial charge in [0, 0.05) is 5.92 Å². The van der Waals surface area contributed by atoms with Crippen LogP contribution in [0.2, 0.25) is 0 Å². The van der Waals surface area contributed by atoms with Crippen LogP contribution in [0, 0.1) is 11.3 Å². The number of benzene rings is 1. The average molecular weight is 353 g/mol. The molecule has 1 aromatic carbocycles. The molecule has 7 heteroatoms. The molecule has 0 unspecified atom stereocenters. The first-order chi connectivity index (χ1) is 9.04. The van der Waals surface area contributed by atoms with Gasteiger partial charge in [-0.25, -0.2) is 0 Å². The first kappa shape index (κ1) is 15.2. The summed E-state index contributed by atoms with van der Waals surface area (Å²) in [6.45, 7) is 3.65. The first-order valence-corrected chi connectivity index (χ1v) is 6.61. The molecule has 1 aliphatic carbocycles. The molecule has 0 heterocycles. The minimum absolute atomic E-state index is 0.152. The molecule has 2 rings (SSSR count). The summed E-state index contributed by atoms with van der Waals surface area (Å²) in [7, 11) is 0. The van der Waals surface area contributed by atoms with Crippen molar-refractivity contribution in [2.75, 3.05) is 0 Å². The predicted octanol–water partition coefficient (Wildman–Crippen LogP) is 4.17. The third-order valence-corrected chi connectivity index (χ3v) is 4.25. The number of carboxylic acid groups (broad SMARTS) is 1. The van der Waals surface area contributed by atoms with Gasteiger partial charge in [-0.1, -0.05) is 19.9 Å². The van der Waals surface area contributed by atoms with Crippen molar-refractivity contribution in [3.8, 4) is 5.75 Å². The third kappa shape index (κ3) is 2.77. The highest BCUT2D eigenvalue weighted by molar-refractivity contribution is 9.10. The number of carbonyl (C=O) groups is 1. The average Bonchev–Trinajstić information content (AvgIpc) is 2.83. The summed E-state index contributed by atoms with van der Waals surface area (Å²) in [5.74, 6) is -1.97. The van der Waals surface area contributed by atoms with E-state index in [-0.39, 0.29) is 16.1 Å². The van der Waals surface area contributed by atoms with E-state index in [1.807, 2.05) is 13.8 Å². The zero-order valence-corrected chi connectivity index (χ0v) is 12.2. The third-order valence-electron chi connectivity index (χ3n) is 3.63. The molecule has 0 aromatic heterocycles. The molecular weight excluding hydrogens is 341 g/mol. The van der Waals surface area contributed by atoms with Crippen molar-refractivity contribution in [1.82, 2.24) is 0 Å². The summed E-state index contributed by atoms with van der Waals surface area (Å²) in [5.41, 5.74) is 0.279. The normalized spacial score (nSPS) is 24.3. The van der Waals surface area contributed by atoms with E-state index in [1.54, 1.807) is 0 Å². The van der Waals surface area contributed by atoms with Crippen LogP contribution in [0.4, 0.5) is 13.2 Å². The van der Waals surface area contributed by atoms with E-state index in [1.165, 1.54) is 18.2 Å². The molecule has 2 atom stereocenters. The first-order valence-electron chi connectivity index (χ1n) is 5.82. The topological polar surface area (TPSA) is 46.5 Å². The lowest BCUT2D eigenvalue weighted by Gasteiger charge is -2.12. The van der Waals surface area contributed by atoms with Crippen LogP contribution in [0.5, 0.6) is 5.75 Å². The summed E-state index contributed by atoms with van der Waals surface area (Å²) < 4.78 is 40.5. The summed E-state index contributed by atoms with van der Waals surface area (Å²) in [6.07, 6.45) is -4.76. The van der Waals surface area contributed by atoms with Gasteiger partial charge in [-0.2, -0.15) is 0 Å². The molecule has 1 saturated carbocycles. The smallest absolute Gasteiger partial charge is 0.481 e. The van der Waals surface area contributed by atoms with Crippen molar-refractivity contribution in [3.63, 3.8) is 0 Å². The van der Waals surface area contributed by atoms with Crippen molar-refractivity contribution in [2.24, 2.45) is 11.3 Å². The predicted molar refractivity (Wildman–Crippen MR) is 68.5 cm³/mol. The van der Waals surface area contributed by atoms with E-state index in [0.717, 1.165) is 0 Å². The van der Waals surface area contributed by atoms with Crippen LogP contribution in [0.25, 0.3) is 0 Å². The number of carboxylic acids is 1. The Kier molecular flexibility index (Phi) is 3.52. The fourth-order valence-corrected chi connectivity index (χ4v) is 3.12. The summed E-state index contributed by atoms with van der Waals surface area (Å²) in [6, 6.07) is 4.15. The number of ether oxygens (including phenoxy) is 1. The second-order valence-corrected chi connectivity index (χ2v) is 6.21. The lowest BCUT2D eigenvalue weighted by atomic mass is 10.0. The Bertz CT molecular complexity index is 554. The quantitative estimate of drug-likeness (QED) is 0.887. The number of alkyl halides is 3. The van der Waals surface area contributed by atoms with E-state index < -0.39 is 23.7 Å². The van der Waals surface area contributed by atoms with E-state index in [9.17, 15) is 18.0 Å². The van der Waals surface area contributed by atoms with Crippen molar-refractivity contribution < 1.29 is 27.8 Å². The maximum atomic E-state index is 12.2. The van der Waals surface area contributed by atoms with Crippen LogP contribution >= 0.6 is 15.9 Å². The lowest BCUT2D eigenvalue weighted by Crippen LogP contribution is -2.17. The lowest BCUT2D eigenvalue weighted by molar-refractivity contribution is -0.274. The van der Waals surface area contributed by atoms with E-state index in [4.69, 9.17) is 5.11 Å². The molecule has 3 nitrogen and oxygen atoms in total. The highest BCUT2D eigenvalue weighted by atomic mass is 79.9. The molecular formula is C13H12BrF3O3. The Balaban J connectivity index is 2.25. The van der Waals surface area contributed by atoms with Gasteiger partial charge in [-0.15, -0.1) is 13.2 Å². The SMILES string of the molecule is CC1(C)[C@@H](C(=O)O)[C@@H]1c1ccc(OC(F)(F)F)c(Br)c1. The Morgan fingerprint density at radius 2 is 2.00 bits per heavy atom. The van der Waals surface area contributed by atoms with Crippen LogP contribution in [-0.2, 0) is 4.79 Å². The highest BCUT2D eigenvalue weighted by Crippen LogP contribution is 2.64. The molecule has 0 amide bonds. The summed E-state index contributed by atoms with van der Waals surface area (Å²) in [5, 5.41) is 9.11. The van der Waals surface area contributed by atoms with Crippen LogP contribution in [0.1, 0.15) is 25.3 Å². The summed E-state index contributed by atoms with van der Waals surface area (Å²) >= 11 is 3.02. The second kappa shape index (κ2) is 4.65. The van der Waals surface area contributed by atoms with E-state index in [0.29, 0.717) is 5.56 Å². The summed E-state index contributed by atoms with van der Waals surface area (Å²) in [4.78, 5) is 11.1. The number of hydrogen-bond acceptors (Lipinski definition) is 2. The van der Waals surface area contributed by atoms with Gasteiger partial charge in [0.1, 0.15) is 5.75 Å². The minimum Gasteiger partial charge on any atom is -0.481 e. The zero-order chi connectivity index (χ0) is 15.3.